The van der Waals surface area contributed by atoms with Gasteiger partial charge in [0.1, 0.15) is 6.61 Å². The van der Waals surface area contributed by atoms with Crippen LogP contribution in [0.1, 0.15) is 30.7 Å². The van der Waals surface area contributed by atoms with Crippen molar-refractivity contribution >= 4 is 27.7 Å². The maximum absolute atomic E-state index is 12.9. The van der Waals surface area contributed by atoms with E-state index in [9.17, 15) is 9.59 Å². The fraction of sp³-hybridized carbons (Fsp3) is 0.579. The SMILES string of the molecule is O=C1CO[C@H]2CCN(C(=O)N3CCC(c4ccc(Br)cc4)C3)C[C@H]2C1. The third-order valence-electron chi connectivity index (χ3n) is 5.68. The van der Waals surface area contributed by atoms with Gasteiger partial charge in [-0.15, -0.1) is 0 Å². The summed E-state index contributed by atoms with van der Waals surface area (Å²) >= 11 is 3.47. The van der Waals surface area contributed by atoms with Crippen LogP contribution in [0.3, 0.4) is 0 Å². The largest absolute Gasteiger partial charge is 0.370 e. The first kappa shape index (κ1) is 17.0. The number of Topliss-reactive ketones (excluding diaryl/α,β-unsaturated/α-hetero) is 1. The van der Waals surface area contributed by atoms with Gasteiger partial charge in [-0.05, 0) is 30.5 Å². The van der Waals surface area contributed by atoms with Gasteiger partial charge in [-0.3, -0.25) is 4.79 Å². The Morgan fingerprint density at radius 3 is 2.60 bits per heavy atom. The summed E-state index contributed by atoms with van der Waals surface area (Å²) in [6.45, 7) is 3.21. The lowest BCUT2D eigenvalue weighted by atomic mass is 9.88. The molecule has 3 heterocycles. The Hall–Kier alpha value is -1.40. The number of piperidine rings is 1. The molecule has 0 radical (unpaired) electrons. The van der Waals surface area contributed by atoms with Crippen molar-refractivity contribution in [2.75, 3.05) is 32.8 Å². The molecule has 3 fully saturated rings. The standard InChI is InChI=1S/C19H23BrN2O3/c20-16-3-1-13(2-4-16)14-5-7-21(10-14)19(24)22-8-6-18-15(11-22)9-17(23)12-25-18/h1-4,14-15,18H,5-12H2/t14?,15-,18+/m1/s1. The van der Waals surface area contributed by atoms with E-state index in [1.165, 1.54) is 5.56 Å². The zero-order valence-corrected chi connectivity index (χ0v) is 15.8. The van der Waals surface area contributed by atoms with Crippen molar-refractivity contribution in [2.24, 2.45) is 5.92 Å². The van der Waals surface area contributed by atoms with Crippen LogP contribution in [-0.2, 0) is 9.53 Å². The molecule has 0 bridgehead atoms. The number of carbonyl (C=O) groups is 2. The van der Waals surface area contributed by atoms with E-state index < -0.39 is 0 Å². The van der Waals surface area contributed by atoms with Crippen molar-refractivity contribution < 1.29 is 14.3 Å². The smallest absolute Gasteiger partial charge is 0.320 e. The molecule has 3 saturated heterocycles. The van der Waals surface area contributed by atoms with Gasteiger partial charge in [-0.1, -0.05) is 28.1 Å². The van der Waals surface area contributed by atoms with Gasteiger partial charge < -0.3 is 14.5 Å². The molecule has 0 N–H and O–H groups in total. The second-order valence-electron chi connectivity index (χ2n) is 7.35. The molecule has 3 aliphatic rings. The summed E-state index contributed by atoms with van der Waals surface area (Å²) in [5.74, 6) is 0.741. The molecule has 6 heteroatoms. The molecule has 1 aromatic rings. The van der Waals surface area contributed by atoms with Crippen LogP contribution in [0.2, 0.25) is 0 Å². The number of rotatable bonds is 1. The monoisotopic (exact) mass is 406 g/mol. The van der Waals surface area contributed by atoms with E-state index >= 15 is 0 Å². The molecule has 3 aliphatic heterocycles. The molecule has 4 rings (SSSR count). The van der Waals surface area contributed by atoms with Gasteiger partial charge in [0.2, 0.25) is 0 Å². The molecule has 0 spiro atoms. The molecule has 5 nitrogen and oxygen atoms in total. The Kier molecular flexibility index (Phi) is 4.82. The normalized spacial score (nSPS) is 29.6. The number of carbonyl (C=O) groups excluding carboxylic acids is 2. The Labute approximate surface area is 156 Å². The number of amides is 2. The predicted molar refractivity (Wildman–Crippen MR) is 97.5 cm³/mol. The Bertz CT molecular complexity index is 663. The average molecular weight is 407 g/mol. The molecule has 134 valence electrons. The molecule has 1 aromatic carbocycles. The zero-order valence-electron chi connectivity index (χ0n) is 14.2. The number of benzene rings is 1. The van der Waals surface area contributed by atoms with E-state index in [1.807, 2.05) is 9.80 Å². The topological polar surface area (TPSA) is 49.9 Å². The molecule has 2 amide bonds. The molecular formula is C19H23BrN2O3. The van der Waals surface area contributed by atoms with E-state index in [4.69, 9.17) is 4.74 Å². The minimum absolute atomic E-state index is 0.121. The minimum Gasteiger partial charge on any atom is -0.370 e. The summed E-state index contributed by atoms with van der Waals surface area (Å²) in [6.07, 6.45) is 2.55. The third kappa shape index (κ3) is 3.60. The van der Waals surface area contributed by atoms with Crippen molar-refractivity contribution in [1.82, 2.24) is 9.80 Å². The van der Waals surface area contributed by atoms with Gasteiger partial charge in [-0.25, -0.2) is 4.79 Å². The van der Waals surface area contributed by atoms with Gasteiger partial charge in [-0.2, -0.15) is 0 Å². The highest BCUT2D eigenvalue weighted by atomic mass is 79.9. The highest BCUT2D eigenvalue weighted by Gasteiger charge is 2.38. The fourth-order valence-electron chi connectivity index (χ4n) is 4.29. The van der Waals surface area contributed by atoms with E-state index in [-0.39, 0.29) is 30.4 Å². The van der Waals surface area contributed by atoms with Crippen LogP contribution in [0.5, 0.6) is 0 Å². The number of urea groups is 1. The molecular weight excluding hydrogens is 384 g/mol. The molecule has 0 aliphatic carbocycles. The zero-order chi connectivity index (χ0) is 17.4. The van der Waals surface area contributed by atoms with Crippen LogP contribution in [0.4, 0.5) is 4.79 Å². The number of hydrogen-bond acceptors (Lipinski definition) is 3. The van der Waals surface area contributed by atoms with Gasteiger partial charge in [0.05, 0.1) is 6.10 Å². The van der Waals surface area contributed by atoms with Crippen LogP contribution >= 0.6 is 15.9 Å². The molecule has 25 heavy (non-hydrogen) atoms. The Morgan fingerprint density at radius 2 is 1.80 bits per heavy atom. The molecule has 1 unspecified atom stereocenters. The molecule has 0 aromatic heterocycles. The number of nitrogens with zero attached hydrogens (tertiary/aromatic N) is 2. The maximum Gasteiger partial charge on any atom is 0.320 e. The van der Waals surface area contributed by atoms with Gasteiger partial charge in [0, 0.05) is 48.9 Å². The first-order valence-corrected chi connectivity index (χ1v) is 9.82. The fourth-order valence-corrected chi connectivity index (χ4v) is 4.56. The first-order valence-electron chi connectivity index (χ1n) is 9.03. The number of halogens is 1. The van der Waals surface area contributed by atoms with Crippen LogP contribution in [0, 0.1) is 5.92 Å². The molecule has 0 saturated carbocycles. The average Bonchev–Trinajstić information content (AvgIpc) is 3.11. The lowest BCUT2D eigenvalue weighted by molar-refractivity contribution is -0.139. The second kappa shape index (κ2) is 7.08. The minimum atomic E-state index is 0.121. The van der Waals surface area contributed by atoms with Crippen LogP contribution in [0.15, 0.2) is 28.7 Å². The van der Waals surface area contributed by atoms with Gasteiger partial charge in [0.25, 0.3) is 0 Å². The van der Waals surface area contributed by atoms with Crippen molar-refractivity contribution in [3.63, 3.8) is 0 Å². The van der Waals surface area contributed by atoms with Crippen LogP contribution < -0.4 is 0 Å². The van der Waals surface area contributed by atoms with E-state index in [0.717, 1.165) is 36.9 Å². The summed E-state index contributed by atoms with van der Waals surface area (Å²) in [5.41, 5.74) is 1.29. The predicted octanol–water partition coefficient (Wildman–Crippen LogP) is 3.04. The van der Waals surface area contributed by atoms with Crippen molar-refractivity contribution in [2.45, 2.75) is 31.3 Å². The number of ketones is 1. The highest BCUT2D eigenvalue weighted by Crippen LogP contribution is 2.31. The lowest BCUT2D eigenvalue weighted by Gasteiger charge is -2.41. The Balaban J connectivity index is 1.37. The highest BCUT2D eigenvalue weighted by molar-refractivity contribution is 9.10. The second-order valence-corrected chi connectivity index (χ2v) is 8.27. The van der Waals surface area contributed by atoms with Crippen molar-refractivity contribution in [1.29, 1.82) is 0 Å². The summed E-state index contributed by atoms with van der Waals surface area (Å²) in [5, 5.41) is 0. The van der Waals surface area contributed by atoms with Crippen LogP contribution in [0.25, 0.3) is 0 Å². The van der Waals surface area contributed by atoms with Crippen molar-refractivity contribution in [3.8, 4) is 0 Å². The Morgan fingerprint density at radius 1 is 1.08 bits per heavy atom. The number of hydrogen-bond donors (Lipinski definition) is 0. The third-order valence-corrected chi connectivity index (χ3v) is 6.21. The summed E-state index contributed by atoms with van der Waals surface area (Å²) in [7, 11) is 0. The molecule has 3 atom stereocenters. The summed E-state index contributed by atoms with van der Waals surface area (Å²) < 4.78 is 6.71. The van der Waals surface area contributed by atoms with Crippen LogP contribution in [-0.4, -0.2) is 60.5 Å². The summed E-state index contributed by atoms with van der Waals surface area (Å²) in [6, 6.07) is 8.52. The lowest BCUT2D eigenvalue weighted by Crippen LogP contribution is -2.53. The quantitative estimate of drug-likeness (QED) is 0.719. The number of ether oxygens (including phenoxy) is 1. The summed E-state index contributed by atoms with van der Waals surface area (Å²) in [4.78, 5) is 28.4. The number of likely N-dealkylation sites (tertiary alicyclic amines) is 2. The van der Waals surface area contributed by atoms with Crippen molar-refractivity contribution in [3.05, 3.63) is 34.3 Å². The van der Waals surface area contributed by atoms with Gasteiger partial charge >= 0.3 is 6.03 Å². The van der Waals surface area contributed by atoms with Gasteiger partial charge in [0.15, 0.2) is 5.78 Å². The van der Waals surface area contributed by atoms with E-state index in [1.54, 1.807) is 0 Å². The van der Waals surface area contributed by atoms with E-state index in [2.05, 4.69) is 40.2 Å². The maximum atomic E-state index is 12.9. The number of fused-ring (bicyclic) bond motifs is 1. The van der Waals surface area contributed by atoms with E-state index in [0.29, 0.717) is 18.9 Å². The first-order chi connectivity index (χ1) is 12.1.